The zero-order valence-electron chi connectivity index (χ0n) is 10.6. The van der Waals surface area contributed by atoms with Crippen LogP contribution in [0.2, 0.25) is 5.15 Å². The van der Waals surface area contributed by atoms with Gasteiger partial charge in [-0.15, -0.1) is 0 Å². The molecule has 17 heavy (non-hydrogen) atoms. The number of rotatable bonds is 5. The summed E-state index contributed by atoms with van der Waals surface area (Å²) in [6.07, 6.45) is 0. The Balaban J connectivity index is 3.08. The maximum absolute atomic E-state index is 11.2. The molecule has 1 heterocycles. The van der Waals surface area contributed by atoms with E-state index >= 15 is 0 Å². The Labute approximate surface area is 106 Å². The van der Waals surface area contributed by atoms with Crippen molar-refractivity contribution in [1.29, 1.82) is 0 Å². The van der Waals surface area contributed by atoms with Crippen molar-refractivity contribution in [2.24, 2.45) is 0 Å². The van der Waals surface area contributed by atoms with Gasteiger partial charge in [0.25, 0.3) is 0 Å². The number of hydrogen-bond acceptors (Lipinski definition) is 3. The Hall–Kier alpha value is -1.07. The van der Waals surface area contributed by atoms with Crippen molar-refractivity contribution in [1.82, 2.24) is 14.7 Å². The first-order chi connectivity index (χ1) is 7.84. The molecule has 0 atom stereocenters. The van der Waals surface area contributed by atoms with E-state index in [9.17, 15) is 4.79 Å². The van der Waals surface area contributed by atoms with E-state index in [1.165, 1.54) is 0 Å². The van der Waals surface area contributed by atoms with Gasteiger partial charge >= 0.3 is 5.97 Å². The quantitative estimate of drug-likeness (QED) is 0.878. The minimum Gasteiger partial charge on any atom is -0.478 e. The molecule has 0 radical (unpaired) electrons. The molecule has 0 saturated carbocycles. The first-order valence-electron chi connectivity index (χ1n) is 5.48. The Kier molecular flexibility index (Phi) is 4.54. The second-order valence-corrected chi connectivity index (χ2v) is 4.90. The highest BCUT2D eigenvalue weighted by Crippen LogP contribution is 2.25. The molecular weight excluding hydrogens is 242 g/mol. The molecule has 0 spiro atoms. The van der Waals surface area contributed by atoms with Crippen LogP contribution in [0.15, 0.2) is 0 Å². The molecule has 0 fully saturated rings. The molecular formula is C11H18ClN3O2. The number of aromatic nitrogens is 2. The molecule has 0 amide bonds. The van der Waals surface area contributed by atoms with Gasteiger partial charge in [0, 0.05) is 6.54 Å². The van der Waals surface area contributed by atoms with Gasteiger partial charge in [-0.1, -0.05) is 25.4 Å². The summed E-state index contributed by atoms with van der Waals surface area (Å²) in [6.45, 7) is 5.15. The molecule has 6 heteroatoms. The summed E-state index contributed by atoms with van der Waals surface area (Å²) in [5, 5.41) is 13.6. The van der Waals surface area contributed by atoms with Gasteiger partial charge in [-0.3, -0.25) is 4.68 Å². The smallest absolute Gasteiger partial charge is 0.340 e. The van der Waals surface area contributed by atoms with Crippen LogP contribution in [0.25, 0.3) is 0 Å². The van der Waals surface area contributed by atoms with E-state index in [-0.39, 0.29) is 16.6 Å². The molecule has 0 aliphatic carbocycles. The lowest BCUT2D eigenvalue weighted by atomic mass is 10.1. The molecule has 0 aliphatic heterocycles. The zero-order valence-corrected chi connectivity index (χ0v) is 11.3. The van der Waals surface area contributed by atoms with Crippen LogP contribution in [0.3, 0.4) is 0 Å². The molecule has 0 aliphatic rings. The van der Waals surface area contributed by atoms with E-state index in [1.807, 2.05) is 32.8 Å². The van der Waals surface area contributed by atoms with Gasteiger partial charge in [-0.05, 0) is 20.0 Å². The molecule has 1 rings (SSSR count). The predicted molar refractivity (Wildman–Crippen MR) is 66.8 cm³/mol. The van der Waals surface area contributed by atoms with Crippen molar-refractivity contribution in [2.75, 3.05) is 20.6 Å². The summed E-state index contributed by atoms with van der Waals surface area (Å²) in [4.78, 5) is 13.1. The molecule has 1 N–H and O–H groups in total. The lowest BCUT2D eigenvalue weighted by Crippen LogP contribution is -2.19. The Morgan fingerprint density at radius 1 is 1.53 bits per heavy atom. The van der Waals surface area contributed by atoms with Gasteiger partial charge in [0.15, 0.2) is 0 Å². The van der Waals surface area contributed by atoms with Crippen LogP contribution in [0, 0.1) is 0 Å². The van der Waals surface area contributed by atoms with E-state index < -0.39 is 5.97 Å². The number of nitrogens with zero attached hydrogens (tertiary/aromatic N) is 3. The lowest BCUT2D eigenvalue weighted by molar-refractivity contribution is 0.0695. The molecule has 1 aromatic rings. The number of aromatic carboxylic acids is 1. The Morgan fingerprint density at radius 3 is 2.47 bits per heavy atom. The van der Waals surface area contributed by atoms with Crippen molar-refractivity contribution in [3.63, 3.8) is 0 Å². The third-order valence-electron chi connectivity index (χ3n) is 2.44. The van der Waals surface area contributed by atoms with Gasteiger partial charge in [-0.25, -0.2) is 4.79 Å². The fourth-order valence-electron chi connectivity index (χ4n) is 1.50. The SMILES string of the molecule is CC(C)c1nn(CCN(C)C)c(Cl)c1C(=O)O. The Morgan fingerprint density at radius 2 is 2.12 bits per heavy atom. The standard InChI is InChI=1S/C11H18ClN3O2/c1-7(2)9-8(11(16)17)10(12)15(13-9)6-5-14(3)4/h7H,5-6H2,1-4H3,(H,16,17). The number of likely N-dealkylation sites (N-methyl/N-ethyl adjacent to an activating group) is 1. The van der Waals surface area contributed by atoms with E-state index in [0.29, 0.717) is 12.2 Å². The van der Waals surface area contributed by atoms with Crippen LogP contribution < -0.4 is 0 Å². The number of carboxylic acid groups (broad SMARTS) is 1. The van der Waals surface area contributed by atoms with E-state index in [0.717, 1.165) is 6.54 Å². The normalized spacial score (nSPS) is 11.5. The van der Waals surface area contributed by atoms with Crippen LogP contribution in [-0.4, -0.2) is 46.4 Å². The molecule has 0 bridgehead atoms. The number of hydrogen-bond donors (Lipinski definition) is 1. The summed E-state index contributed by atoms with van der Waals surface area (Å²) in [6, 6.07) is 0. The fourth-order valence-corrected chi connectivity index (χ4v) is 1.80. The molecule has 96 valence electrons. The molecule has 1 aromatic heterocycles. The second-order valence-electron chi connectivity index (χ2n) is 4.54. The van der Waals surface area contributed by atoms with Gasteiger partial charge in [0.05, 0.1) is 12.2 Å². The molecule has 0 aromatic carbocycles. The van der Waals surface area contributed by atoms with Crippen LogP contribution in [0.4, 0.5) is 0 Å². The average molecular weight is 260 g/mol. The third-order valence-corrected chi connectivity index (χ3v) is 2.82. The van der Waals surface area contributed by atoms with Gasteiger partial charge in [0.2, 0.25) is 0 Å². The maximum Gasteiger partial charge on any atom is 0.340 e. The monoisotopic (exact) mass is 259 g/mol. The van der Waals surface area contributed by atoms with E-state index in [4.69, 9.17) is 16.7 Å². The first-order valence-corrected chi connectivity index (χ1v) is 5.86. The van der Waals surface area contributed by atoms with Gasteiger partial charge in [-0.2, -0.15) is 5.10 Å². The lowest BCUT2D eigenvalue weighted by Gasteiger charge is -2.09. The largest absolute Gasteiger partial charge is 0.478 e. The van der Waals surface area contributed by atoms with Gasteiger partial charge < -0.3 is 10.0 Å². The highest BCUT2D eigenvalue weighted by atomic mass is 35.5. The van der Waals surface area contributed by atoms with E-state index in [2.05, 4.69) is 5.10 Å². The molecule has 5 nitrogen and oxygen atoms in total. The van der Waals surface area contributed by atoms with E-state index in [1.54, 1.807) is 4.68 Å². The average Bonchev–Trinajstić information content (AvgIpc) is 2.52. The Bertz CT molecular complexity index is 413. The number of halogens is 1. The molecule has 0 unspecified atom stereocenters. The van der Waals surface area contributed by atoms with Crippen LogP contribution in [0.5, 0.6) is 0 Å². The van der Waals surface area contributed by atoms with Crippen molar-refractivity contribution in [3.05, 3.63) is 16.4 Å². The maximum atomic E-state index is 11.2. The van der Waals surface area contributed by atoms with Crippen molar-refractivity contribution in [2.45, 2.75) is 26.3 Å². The molecule has 0 saturated heterocycles. The van der Waals surface area contributed by atoms with Crippen LogP contribution >= 0.6 is 11.6 Å². The highest BCUT2D eigenvalue weighted by molar-refractivity contribution is 6.32. The fraction of sp³-hybridized carbons (Fsp3) is 0.636. The second kappa shape index (κ2) is 5.51. The van der Waals surface area contributed by atoms with Crippen molar-refractivity contribution < 1.29 is 9.90 Å². The number of carboxylic acids is 1. The number of carbonyl (C=O) groups is 1. The van der Waals surface area contributed by atoms with Gasteiger partial charge in [0.1, 0.15) is 10.7 Å². The first kappa shape index (κ1) is 14.0. The summed E-state index contributed by atoms with van der Waals surface area (Å²) in [5.74, 6) is -0.978. The highest BCUT2D eigenvalue weighted by Gasteiger charge is 2.23. The summed E-state index contributed by atoms with van der Waals surface area (Å²) >= 11 is 6.05. The minimum absolute atomic E-state index is 0.0409. The third kappa shape index (κ3) is 3.20. The topological polar surface area (TPSA) is 58.4 Å². The van der Waals surface area contributed by atoms with Crippen molar-refractivity contribution in [3.8, 4) is 0 Å². The summed E-state index contributed by atoms with van der Waals surface area (Å²) in [7, 11) is 3.89. The predicted octanol–water partition coefficient (Wildman–Crippen LogP) is 1.92. The van der Waals surface area contributed by atoms with Crippen LogP contribution in [0.1, 0.15) is 35.8 Å². The summed E-state index contributed by atoms with van der Waals surface area (Å²) in [5.41, 5.74) is 0.668. The minimum atomic E-state index is -1.02. The summed E-state index contributed by atoms with van der Waals surface area (Å²) < 4.78 is 1.56. The van der Waals surface area contributed by atoms with Crippen LogP contribution in [-0.2, 0) is 6.54 Å². The zero-order chi connectivity index (χ0) is 13.2. The van der Waals surface area contributed by atoms with Crippen molar-refractivity contribution >= 4 is 17.6 Å².